The second-order valence-electron chi connectivity index (χ2n) is 8.11. The van der Waals surface area contributed by atoms with Gasteiger partial charge >= 0.3 is 0 Å². The van der Waals surface area contributed by atoms with Crippen molar-refractivity contribution in [2.45, 2.75) is 64.5 Å². The van der Waals surface area contributed by atoms with E-state index < -0.39 is 6.10 Å². The molecular weight excluding hydrogens is 376 g/mol. The van der Waals surface area contributed by atoms with Gasteiger partial charge in [0, 0.05) is 25.2 Å². The van der Waals surface area contributed by atoms with E-state index in [4.69, 9.17) is 9.47 Å². The summed E-state index contributed by atoms with van der Waals surface area (Å²) in [7, 11) is 0. The van der Waals surface area contributed by atoms with Crippen molar-refractivity contribution in [3.05, 3.63) is 29.3 Å². The highest BCUT2D eigenvalue weighted by molar-refractivity contribution is 5.85. The normalized spacial score (nSPS) is 20.7. The average Bonchev–Trinajstić information content (AvgIpc) is 2.70. The number of hydrogen-bond acceptors (Lipinski definition) is 4. The highest BCUT2D eigenvalue weighted by Gasteiger charge is 2.39. The van der Waals surface area contributed by atoms with Gasteiger partial charge in [0.2, 0.25) is 0 Å². The fraction of sp³-hybridized carbons (Fsp3) is 0.682. The molecule has 0 radical (unpaired) electrons. The minimum absolute atomic E-state index is 0. The van der Waals surface area contributed by atoms with Crippen LogP contribution in [0.3, 0.4) is 0 Å². The molecule has 2 fully saturated rings. The minimum atomic E-state index is -0.502. The van der Waals surface area contributed by atoms with Gasteiger partial charge in [0.1, 0.15) is 5.75 Å². The molecule has 6 heteroatoms. The molecule has 158 valence electrons. The molecule has 2 aliphatic rings. The first-order valence-electron chi connectivity index (χ1n) is 10.3. The van der Waals surface area contributed by atoms with Gasteiger partial charge in [-0.2, -0.15) is 0 Å². The highest BCUT2D eigenvalue weighted by Crippen LogP contribution is 2.34. The van der Waals surface area contributed by atoms with E-state index in [9.17, 15) is 4.79 Å². The van der Waals surface area contributed by atoms with Crippen LogP contribution in [0.25, 0.3) is 0 Å². The largest absolute Gasteiger partial charge is 0.481 e. The lowest BCUT2D eigenvalue weighted by atomic mass is 9.79. The molecule has 1 saturated carbocycles. The molecule has 5 nitrogen and oxygen atoms in total. The number of benzene rings is 1. The van der Waals surface area contributed by atoms with Crippen molar-refractivity contribution >= 4 is 18.3 Å². The summed E-state index contributed by atoms with van der Waals surface area (Å²) >= 11 is 0. The molecule has 1 aromatic carbocycles. The number of aryl methyl sites for hydroxylation is 2. The van der Waals surface area contributed by atoms with Crippen molar-refractivity contribution in [2.75, 3.05) is 32.8 Å². The van der Waals surface area contributed by atoms with E-state index in [2.05, 4.69) is 24.1 Å². The summed E-state index contributed by atoms with van der Waals surface area (Å²) in [4.78, 5) is 15.2. The van der Waals surface area contributed by atoms with E-state index in [1.165, 1.54) is 30.4 Å². The lowest BCUT2D eigenvalue weighted by Gasteiger charge is -2.48. The summed E-state index contributed by atoms with van der Waals surface area (Å²) in [5.41, 5.74) is 2.48. The first kappa shape index (κ1) is 23.0. The van der Waals surface area contributed by atoms with Gasteiger partial charge in [-0.1, -0.05) is 25.3 Å². The molecular formula is C22H35ClN2O3. The Bertz CT molecular complexity index is 641. The molecule has 1 unspecified atom stereocenters. The van der Waals surface area contributed by atoms with Crippen LogP contribution in [0.2, 0.25) is 0 Å². The summed E-state index contributed by atoms with van der Waals surface area (Å²) in [6.07, 6.45) is 5.58. The van der Waals surface area contributed by atoms with Crippen LogP contribution in [0, 0.1) is 13.8 Å². The molecule has 0 bridgehead atoms. The van der Waals surface area contributed by atoms with Crippen molar-refractivity contribution in [1.29, 1.82) is 0 Å². The smallest absolute Gasteiger partial charge is 0.260 e. The Balaban J connectivity index is 0.00000280. The SMILES string of the molecule is Cc1ccc(OC(C)C(=O)NCC2(N3CCOCC3)CCCCC2)cc1C.Cl. The zero-order valence-electron chi connectivity index (χ0n) is 17.5. The number of halogens is 1. The van der Waals surface area contributed by atoms with Crippen LogP contribution in [0.4, 0.5) is 0 Å². The number of nitrogens with zero attached hydrogens (tertiary/aromatic N) is 1. The third-order valence-corrected chi connectivity index (χ3v) is 6.22. The van der Waals surface area contributed by atoms with Gasteiger partial charge < -0.3 is 14.8 Å². The topological polar surface area (TPSA) is 50.8 Å². The van der Waals surface area contributed by atoms with E-state index in [1.54, 1.807) is 0 Å². The van der Waals surface area contributed by atoms with Gasteiger partial charge in [0.15, 0.2) is 6.10 Å². The predicted octanol–water partition coefficient (Wildman–Crippen LogP) is 3.64. The van der Waals surface area contributed by atoms with Crippen molar-refractivity contribution < 1.29 is 14.3 Å². The fourth-order valence-corrected chi connectivity index (χ4v) is 4.29. The van der Waals surface area contributed by atoms with Gasteiger partial charge in [-0.05, 0) is 56.9 Å². The molecule has 28 heavy (non-hydrogen) atoms. The maximum Gasteiger partial charge on any atom is 0.260 e. The van der Waals surface area contributed by atoms with Crippen molar-refractivity contribution in [1.82, 2.24) is 10.2 Å². The Morgan fingerprint density at radius 2 is 1.86 bits per heavy atom. The van der Waals surface area contributed by atoms with Crippen molar-refractivity contribution in [3.8, 4) is 5.75 Å². The van der Waals surface area contributed by atoms with Gasteiger partial charge in [-0.15, -0.1) is 12.4 Å². The van der Waals surface area contributed by atoms with Gasteiger partial charge in [-0.3, -0.25) is 9.69 Å². The summed E-state index contributed by atoms with van der Waals surface area (Å²) in [5, 5.41) is 3.19. The molecule has 0 spiro atoms. The van der Waals surface area contributed by atoms with Crippen LogP contribution >= 0.6 is 12.4 Å². The zero-order chi connectivity index (χ0) is 19.3. The quantitative estimate of drug-likeness (QED) is 0.777. The zero-order valence-corrected chi connectivity index (χ0v) is 18.3. The Kier molecular flexibility index (Phi) is 8.59. The summed E-state index contributed by atoms with van der Waals surface area (Å²) in [6.45, 7) is 10.2. The molecule has 1 saturated heterocycles. The number of rotatable bonds is 6. The average molecular weight is 411 g/mol. The first-order chi connectivity index (χ1) is 13.0. The first-order valence-corrected chi connectivity index (χ1v) is 10.3. The molecule has 1 aromatic rings. The second kappa shape index (κ2) is 10.5. The van der Waals surface area contributed by atoms with Gasteiger partial charge in [0.05, 0.1) is 13.2 Å². The van der Waals surface area contributed by atoms with Gasteiger partial charge in [-0.25, -0.2) is 0 Å². The van der Waals surface area contributed by atoms with E-state index in [0.29, 0.717) is 6.54 Å². The van der Waals surface area contributed by atoms with E-state index in [-0.39, 0.29) is 23.9 Å². The summed E-state index contributed by atoms with van der Waals surface area (Å²) in [6, 6.07) is 5.96. The van der Waals surface area contributed by atoms with E-state index >= 15 is 0 Å². The van der Waals surface area contributed by atoms with Crippen LogP contribution < -0.4 is 10.1 Å². The van der Waals surface area contributed by atoms with Crippen LogP contribution in [0.5, 0.6) is 5.75 Å². The lowest BCUT2D eigenvalue weighted by molar-refractivity contribution is -0.128. The number of nitrogens with one attached hydrogen (secondary N) is 1. The second-order valence-corrected chi connectivity index (χ2v) is 8.11. The number of carbonyl (C=O) groups excluding carboxylic acids is 1. The fourth-order valence-electron chi connectivity index (χ4n) is 4.29. The third-order valence-electron chi connectivity index (χ3n) is 6.22. The molecule has 1 N–H and O–H groups in total. The Hall–Kier alpha value is -1.30. The number of hydrogen-bond donors (Lipinski definition) is 1. The summed E-state index contributed by atoms with van der Waals surface area (Å²) in [5.74, 6) is 0.716. The molecule has 1 amide bonds. The predicted molar refractivity (Wildman–Crippen MR) is 114 cm³/mol. The molecule has 1 aliphatic heterocycles. The standard InChI is InChI=1S/C22H34N2O3.ClH/c1-17-7-8-20(15-18(17)2)27-19(3)21(25)23-16-22(9-5-4-6-10-22)24-11-13-26-14-12-24;/h7-8,15,19H,4-6,9-14,16H2,1-3H3,(H,23,25);1H. The van der Waals surface area contributed by atoms with Crippen molar-refractivity contribution in [2.24, 2.45) is 0 Å². The summed E-state index contributed by atoms with van der Waals surface area (Å²) < 4.78 is 11.4. The van der Waals surface area contributed by atoms with E-state index in [0.717, 1.165) is 44.9 Å². The molecule has 1 heterocycles. The third kappa shape index (κ3) is 5.62. The number of amides is 1. The maximum absolute atomic E-state index is 12.7. The Morgan fingerprint density at radius 1 is 1.18 bits per heavy atom. The lowest BCUT2D eigenvalue weighted by Crippen LogP contribution is -2.60. The van der Waals surface area contributed by atoms with Crippen LogP contribution in [-0.4, -0.2) is 55.3 Å². The van der Waals surface area contributed by atoms with Crippen LogP contribution in [0.1, 0.15) is 50.2 Å². The molecule has 1 aliphatic carbocycles. The Labute approximate surface area is 175 Å². The molecule has 0 aromatic heterocycles. The Morgan fingerprint density at radius 3 is 2.50 bits per heavy atom. The number of carbonyl (C=O) groups is 1. The number of morpholine rings is 1. The monoisotopic (exact) mass is 410 g/mol. The van der Waals surface area contributed by atoms with E-state index in [1.807, 2.05) is 25.1 Å². The molecule has 3 rings (SSSR count). The van der Waals surface area contributed by atoms with Gasteiger partial charge in [0.25, 0.3) is 5.91 Å². The maximum atomic E-state index is 12.7. The number of ether oxygens (including phenoxy) is 2. The van der Waals surface area contributed by atoms with Crippen LogP contribution in [0.15, 0.2) is 18.2 Å². The van der Waals surface area contributed by atoms with Crippen molar-refractivity contribution in [3.63, 3.8) is 0 Å². The van der Waals surface area contributed by atoms with Crippen LogP contribution in [-0.2, 0) is 9.53 Å². The molecule has 1 atom stereocenters. The minimum Gasteiger partial charge on any atom is -0.481 e. The highest BCUT2D eigenvalue weighted by atomic mass is 35.5.